The van der Waals surface area contributed by atoms with Crippen molar-refractivity contribution in [1.29, 1.82) is 0 Å². The second-order valence-electron chi connectivity index (χ2n) is 10.1. The molecule has 28 heavy (non-hydrogen) atoms. The van der Waals surface area contributed by atoms with E-state index in [0.29, 0.717) is 12.5 Å². The summed E-state index contributed by atoms with van der Waals surface area (Å²) in [4.78, 5) is 40.0. The Morgan fingerprint density at radius 2 is 1.75 bits per heavy atom. The number of carbonyl (C=O) groups excluding carboxylic acids is 3. The van der Waals surface area contributed by atoms with Crippen LogP contribution in [-0.2, 0) is 19.1 Å². The number of amides is 2. The lowest BCUT2D eigenvalue weighted by molar-refractivity contribution is -0.154. The molecule has 3 fully saturated rings. The molecule has 1 saturated heterocycles. The number of carbonyl (C=O) groups is 3. The zero-order valence-electron chi connectivity index (χ0n) is 17.9. The Morgan fingerprint density at radius 3 is 2.29 bits per heavy atom. The van der Waals surface area contributed by atoms with Crippen molar-refractivity contribution in [2.45, 2.75) is 78.0 Å². The predicted molar refractivity (Wildman–Crippen MR) is 103 cm³/mol. The van der Waals surface area contributed by atoms with Crippen LogP contribution in [0.25, 0.3) is 0 Å². The van der Waals surface area contributed by atoms with Gasteiger partial charge in [-0.25, -0.2) is 9.59 Å². The number of hydrogen-bond donors (Lipinski definition) is 1. The van der Waals surface area contributed by atoms with Gasteiger partial charge in [-0.3, -0.25) is 4.79 Å². The topological polar surface area (TPSA) is 84.9 Å². The summed E-state index contributed by atoms with van der Waals surface area (Å²) in [6, 6.07) is -1.23. The highest BCUT2D eigenvalue weighted by molar-refractivity contribution is 5.91. The van der Waals surface area contributed by atoms with Crippen LogP contribution in [0.5, 0.6) is 0 Å². The third-order valence-corrected chi connectivity index (χ3v) is 6.74. The number of hydrogen-bond acceptors (Lipinski definition) is 5. The number of nitrogens with zero attached hydrogens (tertiary/aromatic N) is 1. The number of ether oxygens (including phenoxy) is 2. The van der Waals surface area contributed by atoms with Crippen molar-refractivity contribution in [2.75, 3.05) is 13.7 Å². The first-order valence-corrected chi connectivity index (χ1v) is 10.3. The van der Waals surface area contributed by atoms with Gasteiger partial charge in [0.2, 0.25) is 5.91 Å². The van der Waals surface area contributed by atoms with Gasteiger partial charge in [0.1, 0.15) is 17.7 Å². The average molecular weight is 395 g/mol. The zero-order chi connectivity index (χ0) is 20.9. The van der Waals surface area contributed by atoms with Crippen molar-refractivity contribution in [2.24, 2.45) is 23.2 Å². The second kappa shape index (κ2) is 7.23. The molecule has 0 aromatic rings. The Morgan fingerprint density at radius 1 is 1.14 bits per heavy atom. The number of methoxy groups -OCH3 is 1. The lowest BCUT2D eigenvalue weighted by Crippen LogP contribution is -2.56. The third kappa shape index (κ3) is 3.85. The van der Waals surface area contributed by atoms with Crippen molar-refractivity contribution in [3.8, 4) is 0 Å². The fourth-order valence-electron chi connectivity index (χ4n) is 5.19. The highest BCUT2D eigenvalue weighted by Gasteiger charge is 2.70. The highest BCUT2D eigenvalue weighted by atomic mass is 16.6. The van der Waals surface area contributed by atoms with Crippen LogP contribution in [0, 0.1) is 23.2 Å². The van der Waals surface area contributed by atoms with Crippen molar-refractivity contribution in [3.63, 3.8) is 0 Å². The lowest BCUT2D eigenvalue weighted by Gasteiger charge is -2.34. The number of esters is 1. The molecule has 0 aromatic heterocycles. The van der Waals surface area contributed by atoms with Crippen LogP contribution in [-0.4, -0.2) is 54.2 Å². The van der Waals surface area contributed by atoms with E-state index in [-0.39, 0.29) is 29.1 Å². The van der Waals surface area contributed by atoms with Crippen LogP contribution in [0.1, 0.15) is 60.3 Å². The summed E-state index contributed by atoms with van der Waals surface area (Å²) in [5.74, 6) is -0.0609. The molecule has 0 spiro atoms. The third-order valence-electron chi connectivity index (χ3n) is 6.74. The van der Waals surface area contributed by atoms with Crippen LogP contribution >= 0.6 is 0 Å². The van der Waals surface area contributed by atoms with Gasteiger partial charge in [0.15, 0.2) is 0 Å². The van der Waals surface area contributed by atoms with E-state index in [1.54, 1.807) is 25.7 Å². The second-order valence-corrected chi connectivity index (χ2v) is 10.1. The summed E-state index contributed by atoms with van der Waals surface area (Å²) >= 11 is 0. The molecular formula is C21H34N2O5. The Kier molecular flexibility index (Phi) is 5.40. The number of nitrogens with one attached hydrogen (secondary N) is 1. The van der Waals surface area contributed by atoms with E-state index >= 15 is 0 Å². The van der Waals surface area contributed by atoms with Gasteiger partial charge < -0.3 is 19.7 Å². The summed E-state index contributed by atoms with van der Waals surface area (Å²) in [7, 11) is 1.36. The van der Waals surface area contributed by atoms with Gasteiger partial charge in [-0.1, -0.05) is 26.7 Å². The van der Waals surface area contributed by atoms with E-state index in [4.69, 9.17) is 9.47 Å². The molecule has 7 nitrogen and oxygen atoms in total. The van der Waals surface area contributed by atoms with Gasteiger partial charge in [-0.15, -0.1) is 0 Å². The monoisotopic (exact) mass is 394 g/mol. The van der Waals surface area contributed by atoms with Crippen molar-refractivity contribution in [3.05, 3.63) is 0 Å². The van der Waals surface area contributed by atoms with Crippen LogP contribution in [0.2, 0.25) is 0 Å². The van der Waals surface area contributed by atoms with Crippen molar-refractivity contribution >= 4 is 18.0 Å². The molecule has 7 heteroatoms. The van der Waals surface area contributed by atoms with Gasteiger partial charge in [0.05, 0.1) is 7.11 Å². The summed E-state index contributed by atoms with van der Waals surface area (Å²) in [6.45, 7) is 10.2. The van der Waals surface area contributed by atoms with Crippen LogP contribution in [0.15, 0.2) is 0 Å². The molecular weight excluding hydrogens is 360 g/mol. The standard InChI is InChI=1S/C21H34N2O5/c1-20(2,3)28-19(26)22-15(12-9-7-8-10-12)17(24)23-11-13-14(21(13,4)5)16(23)18(25)27-6/h12-16H,7-11H2,1-6H3,(H,22,26)/t13-,14-,15-,16-/m0/s1. The van der Waals surface area contributed by atoms with E-state index in [9.17, 15) is 14.4 Å². The molecule has 158 valence electrons. The Balaban J connectivity index is 1.79. The molecule has 0 bridgehead atoms. The smallest absolute Gasteiger partial charge is 0.408 e. The molecule has 2 aliphatic carbocycles. The molecule has 1 N–H and O–H groups in total. The minimum Gasteiger partial charge on any atom is -0.467 e. The minimum atomic E-state index is -0.662. The molecule has 2 amide bonds. The summed E-state index contributed by atoms with van der Waals surface area (Å²) in [6.07, 6.45) is 3.28. The van der Waals surface area contributed by atoms with Crippen LogP contribution in [0.4, 0.5) is 4.79 Å². The highest BCUT2D eigenvalue weighted by Crippen LogP contribution is 2.65. The van der Waals surface area contributed by atoms with E-state index in [1.807, 2.05) is 0 Å². The molecule has 1 heterocycles. The number of piperidine rings is 1. The van der Waals surface area contributed by atoms with Crippen molar-refractivity contribution in [1.82, 2.24) is 10.2 Å². The fraction of sp³-hybridized carbons (Fsp3) is 0.857. The predicted octanol–water partition coefficient (Wildman–Crippen LogP) is 2.73. The zero-order valence-corrected chi connectivity index (χ0v) is 17.9. The SMILES string of the molecule is COC(=O)[C@@H]1[C@@H]2[C@H](CN1C(=O)[C@@H](NC(=O)OC(C)(C)C)C1CCCC1)C2(C)C. The molecule has 4 atom stereocenters. The Hall–Kier alpha value is -1.79. The molecule has 0 unspecified atom stereocenters. The maximum atomic E-state index is 13.5. The number of fused-ring (bicyclic) bond motifs is 1. The molecule has 0 radical (unpaired) electrons. The minimum absolute atomic E-state index is 0.0388. The first-order chi connectivity index (χ1) is 13.0. The molecule has 3 aliphatic rings. The normalized spacial score (nSPS) is 29.8. The van der Waals surface area contributed by atoms with Gasteiger partial charge in [-0.2, -0.15) is 0 Å². The summed E-state index contributed by atoms with van der Waals surface area (Å²) in [5.41, 5.74) is -0.599. The maximum absolute atomic E-state index is 13.5. The fourth-order valence-corrected chi connectivity index (χ4v) is 5.19. The first kappa shape index (κ1) is 20.9. The number of alkyl carbamates (subject to hydrolysis) is 1. The first-order valence-electron chi connectivity index (χ1n) is 10.3. The van der Waals surface area contributed by atoms with E-state index in [2.05, 4.69) is 19.2 Å². The Labute approximate surface area is 167 Å². The lowest BCUT2D eigenvalue weighted by atomic mass is 9.94. The summed E-state index contributed by atoms with van der Waals surface area (Å²) < 4.78 is 10.4. The molecule has 2 saturated carbocycles. The van der Waals surface area contributed by atoms with E-state index in [1.165, 1.54) is 7.11 Å². The largest absolute Gasteiger partial charge is 0.467 e. The van der Waals surface area contributed by atoms with Crippen molar-refractivity contribution < 1.29 is 23.9 Å². The molecule has 3 rings (SSSR count). The Bertz CT molecular complexity index is 648. The van der Waals surface area contributed by atoms with Gasteiger partial charge in [0, 0.05) is 12.5 Å². The van der Waals surface area contributed by atoms with Crippen LogP contribution < -0.4 is 5.32 Å². The maximum Gasteiger partial charge on any atom is 0.408 e. The molecule has 0 aromatic carbocycles. The molecule has 1 aliphatic heterocycles. The number of likely N-dealkylation sites (tertiary alicyclic amines) is 1. The quantitative estimate of drug-likeness (QED) is 0.741. The van der Waals surface area contributed by atoms with E-state index in [0.717, 1.165) is 25.7 Å². The van der Waals surface area contributed by atoms with E-state index < -0.39 is 23.8 Å². The van der Waals surface area contributed by atoms with Gasteiger partial charge in [-0.05, 0) is 50.9 Å². The van der Waals surface area contributed by atoms with Gasteiger partial charge in [0.25, 0.3) is 0 Å². The number of rotatable bonds is 4. The van der Waals surface area contributed by atoms with Crippen LogP contribution in [0.3, 0.4) is 0 Å². The van der Waals surface area contributed by atoms with Gasteiger partial charge >= 0.3 is 12.1 Å². The summed E-state index contributed by atoms with van der Waals surface area (Å²) in [5, 5.41) is 2.82. The average Bonchev–Trinajstić information content (AvgIpc) is 3.04.